The van der Waals surface area contributed by atoms with Gasteiger partial charge in [0.15, 0.2) is 0 Å². The van der Waals surface area contributed by atoms with Crippen molar-refractivity contribution in [3.63, 3.8) is 0 Å². The molecule has 0 radical (unpaired) electrons. The minimum absolute atomic E-state index is 0.107. The van der Waals surface area contributed by atoms with Crippen molar-refractivity contribution in [3.05, 3.63) is 72.3 Å². The van der Waals surface area contributed by atoms with Crippen LogP contribution in [-0.4, -0.2) is 45.2 Å². The summed E-state index contributed by atoms with van der Waals surface area (Å²) >= 11 is 0. The van der Waals surface area contributed by atoms with E-state index in [1.54, 1.807) is 37.5 Å². The van der Waals surface area contributed by atoms with E-state index in [-0.39, 0.29) is 18.6 Å². The van der Waals surface area contributed by atoms with Gasteiger partial charge >= 0.3 is 0 Å². The number of hydroxylamine groups is 1. The van der Waals surface area contributed by atoms with E-state index >= 15 is 0 Å². The monoisotopic (exact) mass is 384 g/mol. The summed E-state index contributed by atoms with van der Waals surface area (Å²) in [7, 11) is 5.72. The predicted octanol–water partition coefficient (Wildman–Crippen LogP) is 3.61. The van der Waals surface area contributed by atoms with Gasteiger partial charge in [-0.25, -0.2) is 5.48 Å². The molecule has 0 aliphatic rings. The fraction of sp³-hybridized carbons (Fsp3) is 0.318. The molecule has 0 saturated carbocycles. The van der Waals surface area contributed by atoms with E-state index in [9.17, 15) is 4.79 Å². The molecule has 1 unspecified atom stereocenters. The van der Waals surface area contributed by atoms with Gasteiger partial charge in [0.1, 0.15) is 17.6 Å². The molecule has 0 aliphatic carbocycles. The Balaban J connectivity index is 2.07. The number of hydrogen-bond acceptors (Lipinski definition) is 5. The molecule has 6 nitrogen and oxygen atoms in total. The van der Waals surface area contributed by atoms with Gasteiger partial charge in [-0.15, -0.1) is 6.58 Å². The zero-order valence-electron chi connectivity index (χ0n) is 16.7. The van der Waals surface area contributed by atoms with Crippen molar-refractivity contribution in [1.82, 2.24) is 10.4 Å². The minimum Gasteiger partial charge on any atom is -0.497 e. The quantitative estimate of drug-likeness (QED) is 0.364. The lowest BCUT2D eigenvalue weighted by Crippen LogP contribution is -2.23. The zero-order valence-corrected chi connectivity index (χ0v) is 16.7. The topological polar surface area (TPSA) is 60.0 Å². The lowest BCUT2D eigenvalue weighted by molar-refractivity contribution is 0.0421. The van der Waals surface area contributed by atoms with Crippen LogP contribution in [0.5, 0.6) is 11.5 Å². The molecule has 0 bridgehead atoms. The largest absolute Gasteiger partial charge is 0.497 e. The number of carbonyl (C=O) groups excluding carboxylic acids is 1. The first kappa shape index (κ1) is 21.5. The molecular weight excluding hydrogens is 356 g/mol. The van der Waals surface area contributed by atoms with E-state index in [2.05, 4.69) is 17.0 Å². The van der Waals surface area contributed by atoms with E-state index in [4.69, 9.17) is 14.3 Å². The molecule has 0 saturated heterocycles. The van der Waals surface area contributed by atoms with Crippen molar-refractivity contribution in [2.45, 2.75) is 12.5 Å². The SMILES string of the molecule is C=CCONC(=O)c1ccc(OC(CCN(C)C)c2ccc(OC)cc2)cc1. The summed E-state index contributed by atoms with van der Waals surface area (Å²) in [4.78, 5) is 19.1. The van der Waals surface area contributed by atoms with Crippen LogP contribution in [0.15, 0.2) is 61.2 Å². The molecule has 0 aliphatic heterocycles. The Kier molecular flexibility index (Phi) is 8.52. The molecule has 1 atom stereocenters. The average Bonchev–Trinajstić information content (AvgIpc) is 2.71. The van der Waals surface area contributed by atoms with E-state index in [0.29, 0.717) is 11.3 Å². The van der Waals surface area contributed by atoms with Crippen LogP contribution in [-0.2, 0) is 4.84 Å². The Hall–Kier alpha value is -2.83. The average molecular weight is 384 g/mol. The van der Waals surface area contributed by atoms with Gasteiger partial charge < -0.3 is 14.4 Å². The number of methoxy groups -OCH3 is 1. The summed E-state index contributed by atoms with van der Waals surface area (Å²) in [5.41, 5.74) is 3.92. The number of nitrogens with one attached hydrogen (secondary N) is 1. The van der Waals surface area contributed by atoms with Crippen LogP contribution >= 0.6 is 0 Å². The van der Waals surface area contributed by atoms with Gasteiger partial charge in [-0.1, -0.05) is 18.2 Å². The Morgan fingerprint density at radius 3 is 2.32 bits per heavy atom. The number of ether oxygens (including phenoxy) is 2. The van der Waals surface area contributed by atoms with Gasteiger partial charge in [0.05, 0.1) is 13.7 Å². The molecule has 1 amide bonds. The van der Waals surface area contributed by atoms with Crippen molar-refractivity contribution in [2.24, 2.45) is 0 Å². The Morgan fingerprint density at radius 1 is 1.11 bits per heavy atom. The second kappa shape index (κ2) is 11.1. The number of rotatable bonds is 11. The van der Waals surface area contributed by atoms with Gasteiger partial charge in [0.25, 0.3) is 5.91 Å². The van der Waals surface area contributed by atoms with Crippen LogP contribution in [0.4, 0.5) is 0 Å². The summed E-state index contributed by atoms with van der Waals surface area (Å²) in [5, 5.41) is 0. The van der Waals surface area contributed by atoms with E-state index in [0.717, 1.165) is 24.3 Å². The van der Waals surface area contributed by atoms with Gasteiger partial charge in [0.2, 0.25) is 0 Å². The highest BCUT2D eigenvalue weighted by Gasteiger charge is 2.15. The summed E-state index contributed by atoms with van der Waals surface area (Å²) in [6, 6.07) is 14.9. The van der Waals surface area contributed by atoms with Crippen molar-refractivity contribution >= 4 is 5.91 Å². The number of carbonyl (C=O) groups is 1. The van der Waals surface area contributed by atoms with E-state index in [1.807, 2.05) is 38.4 Å². The molecule has 2 rings (SSSR count). The lowest BCUT2D eigenvalue weighted by atomic mass is 10.1. The van der Waals surface area contributed by atoms with Crippen LogP contribution in [0.25, 0.3) is 0 Å². The molecule has 6 heteroatoms. The van der Waals surface area contributed by atoms with Gasteiger partial charge in [-0.05, 0) is 56.1 Å². The van der Waals surface area contributed by atoms with E-state index < -0.39 is 0 Å². The Morgan fingerprint density at radius 2 is 1.75 bits per heavy atom. The molecule has 2 aromatic carbocycles. The van der Waals surface area contributed by atoms with Crippen LogP contribution in [0.1, 0.15) is 28.4 Å². The normalized spacial score (nSPS) is 11.7. The maximum atomic E-state index is 12.0. The molecule has 0 spiro atoms. The van der Waals surface area contributed by atoms with Crippen LogP contribution in [0.3, 0.4) is 0 Å². The fourth-order valence-electron chi connectivity index (χ4n) is 2.56. The standard InChI is InChI=1S/C22H28N2O4/c1-5-16-27-23-22(25)18-8-12-20(13-9-18)28-21(14-15-24(2)3)17-6-10-19(26-4)11-7-17/h5-13,21H,1,14-16H2,2-4H3,(H,23,25). The number of amides is 1. The zero-order chi connectivity index (χ0) is 20.4. The molecule has 0 heterocycles. The lowest BCUT2D eigenvalue weighted by Gasteiger charge is -2.22. The first-order chi connectivity index (χ1) is 13.5. The maximum Gasteiger partial charge on any atom is 0.274 e. The van der Waals surface area contributed by atoms with Gasteiger partial charge in [0, 0.05) is 18.5 Å². The second-order valence-corrected chi connectivity index (χ2v) is 6.53. The maximum absolute atomic E-state index is 12.0. The highest BCUT2D eigenvalue weighted by Crippen LogP contribution is 2.27. The summed E-state index contributed by atoms with van der Waals surface area (Å²) < 4.78 is 11.4. The first-order valence-corrected chi connectivity index (χ1v) is 9.12. The molecule has 0 fully saturated rings. The third kappa shape index (κ3) is 6.72. The first-order valence-electron chi connectivity index (χ1n) is 9.12. The summed E-state index contributed by atoms with van der Waals surface area (Å²) in [6.45, 7) is 4.67. The predicted molar refractivity (Wildman–Crippen MR) is 110 cm³/mol. The van der Waals surface area contributed by atoms with Gasteiger partial charge in [-0.2, -0.15) is 0 Å². The molecule has 0 aromatic heterocycles. The number of nitrogens with zero attached hydrogens (tertiary/aromatic N) is 1. The van der Waals surface area contributed by atoms with Crippen LogP contribution < -0.4 is 15.0 Å². The fourth-order valence-corrected chi connectivity index (χ4v) is 2.56. The number of hydrogen-bond donors (Lipinski definition) is 1. The Labute approximate surface area is 166 Å². The van der Waals surface area contributed by atoms with Crippen molar-refractivity contribution in [1.29, 1.82) is 0 Å². The van der Waals surface area contributed by atoms with E-state index in [1.165, 1.54) is 0 Å². The van der Waals surface area contributed by atoms with Crippen molar-refractivity contribution in [2.75, 3.05) is 34.4 Å². The van der Waals surface area contributed by atoms with Crippen molar-refractivity contribution < 1.29 is 19.1 Å². The van der Waals surface area contributed by atoms with Crippen molar-refractivity contribution in [3.8, 4) is 11.5 Å². The molecule has 28 heavy (non-hydrogen) atoms. The molecule has 1 N–H and O–H groups in total. The summed E-state index contributed by atoms with van der Waals surface area (Å²) in [6.07, 6.45) is 2.28. The second-order valence-electron chi connectivity index (χ2n) is 6.53. The highest BCUT2D eigenvalue weighted by molar-refractivity contribution is 5.93. The highest BCUT2D eigenvalue weighted by atomic mass is 16.6. The molecule has 2 aromatic rings. The Bertz CT molecular complexity index is 742. The molecular formula is C22H28N2O4. The number of benzene rings is 2. The van der Waals surface area contributed by atoms with Crippen LogP contribution in [0.2, 0.25) is 0 Å². The van der Waals surface area contributed by atoms with Crippen LogP contribution in [0, 0.1) is 0 Å². The molecule has 150 valence electrons. The smallest absolute Gasteiger partial charge is 0.274 e. The third-order valence-electron chi connectivity index (χ3n) is 4.09. The third-order valence-corrected chi connectivity index (χ3v) is 4.09. The van der Waals surface area contributed by atoms with Gasteiger partial charge in [-0.3, -0.25) is 9.63 Å². The summed E-state index contributed by atoms with van der Waals surface area (Å²) in [5.74, 6) is 1.19. The minimum atomic E-state index is -0.312.